The summed E-state index contributed by atoms with van der Waals surface area (Å²) in [6.45, 7) is 4.68. The van der Waals surface area contributed by atoms with E-state index in [0.717, 1.165) is 72.2 Å². The van der Waals surface area contributed by atoms with Crippen LogP contribution in [-0.4, -0.2) is 19.5 Å². The SMILES string of the molecule is CC1(C)c2ccccc2N(c2ccccc2)c2ccc(-c3ccc4c(c3)c3ccc5nc(-c6ccccc6)oc5c3n4-c3nc(-c4ccccc4)cc(-c4ccccc4)n3)cc21. The van der Waals surface area contributed by atoms with Crippen molar-refractivity contribution in [1.82, 2.24) is 19.5 Å². The minimum Gasteiger partial charge on any atom is -0.434 e. The molecule has 4 heterocycles. The molecular formula is C56H39N5O. The minimum absolute atomic E-state index is 0.237. The molecule has 6 nitrogen and oxygen atoms in total. The fourth-order valence-corrected chi connectivity index (χ4v) is 9.36. The fraction of sp³-hybridized carbons (Fsp3) is 0.0536. The van der Waals surface area contributed by atoms with Crippen LogP contribution in [0.4, 0.5) is 17.1 Å². The molecule has 0 bridgehead atoms. The molecule has 0 fully saturated rings. The van der Waals surface area contributed by atoms with Crippen molar-refractivity contribution in [2.75, 3.05) is 4.90 Å². The number of hydrogen-bond donors (Lipinski definition) is 0. The van der Waals surface area contributed by atoms with Gasteiger partial charge in [0.2, 0.25) is 11.8 Å². The van der Waals surface area contributed by atoms with Gasteiger partial charge in [-0.1, -0.05) is 141 Å². The largest absolute Gasteiger partial charge is 0.434 e. The van der Waals surface area contributed by atoms with Crippen molar-refractivity contribution in [1.29, 1.82) is 0 Å². The number of oxazole rings is 1. The molecule has 8 aromatic carbocycles. The van der Waals surface area contributed by atoms with Crippen LogP contribution in [0.25, 0.3) is 83.9 Å². The van der Waals surface area contributed by atoms with Gasteiger partial charge in [0.1, 0.15) is 11.0 Å². The third-order valence-electron chi connectivity index (χ3n) is 12.4. The molecule has 0 aliphatic carbocycles. The number of fused-ring (bicyclic) bond motifs is 7. The van der Waals surface area contributed by atoms with E-state index >= 15 is 0 Å². The van der Waals surface area contributed by atoms with Crippen LogP contribution >= 0.6 is 0 Å². The van der Waals surface area contributed by atoms with E-state index in [-0.39, 0.29) is 5.41 Å². The van der Waals surface area contributed by atoms with Crippen molar-refractivity contribution in [3.05, 3.63) is 211 Å². The van der Waals surface area contributed by atoms with Gasteiger partial charge in [-0.2, -0.15) is 0 Å². The van der Waals surface area contributed by atoms with Crippen molar-refractivity contribution < 1.29 is 4.42 Å². The molecule has 0 atom stereocenters. The molecule has 294 valence electrons. The highest BCUT2D eigenvalue weighted by molar-refractivity contribution is 6.17. The van der Waals surface area contributed by atoms with Crippen LogP contribution in [0, 0.1) is 0 Å². The number of rotatable bonds is 6. The maximum absolute atomic E-state index is 6.77. The van der Waals surface area contributed by atoms with Crippen LogP contribution in [0.1, 0.15) is 25.0 Å². The number of benzene rings is 8. The predicted molar refractivity (Wildman–Crippen MR) is 252 cm³/mol. The van der Waals surface area contributed by atoms with E-state index in [1.165, 1.54) is 22.5 Å². The van der Waals surface area contributed by atoms with E-state index in [1.807, 2.05) is 66.7 Å². The predicted octanol–water partition coefficient (Wildman–Crippen LogP) is 14.5. The molecule has 6 heteroatoms. The quantitative estimate of drug-likeness (QED) is 0.168. The molecule has 11 aromatic rings. The van der Waals surface area contributed by atoms with Gasteiger partial charge < -0.3 is 9.32 Å². The van der Waals surface area contributed by atoms with Gasteiger partial charge in [-0.25, -0.2) is 15.0 Å². The molecule has 0 unspecified atom stereocenters. The van der Waals surface area contributed by atoms with Gasteiger partial charge >= 0.3 is 0 Å². The molecule has 0 N–H and O–H groups in total. The molecule has 1 aliphatic rings. The van der Waals surface area contributed by atoms with Gasteiger partial charge in [-0.05, 0) is 95.1 Å². The molecular weight excluding hydrogens is 759 g/mol. The first-order valence-corrected chi connectivity index (χ1v) is 21.0. The maximum Gasteiger partial charge on any atom is 0.235 e. The molecule has 0 radical (unpaired) electrons. The molecule has 0 amide bonds. The molecule has 12 rings (SSSR count). The summed E-state index contributed by atoms with van der Waals surface area (Å²) in [5.41, 5.74) is 16.0. The van der Waals surface area contributed by atoms with Crippen LogP contribution in [0.5, 0.6) is 0 Å². The standard InChI is InChI=1S/C56H39N5O/c1-56(2)44-25-15-16-26-50(44)60(41-23-13-6-14-24-41)51-32-28-40(34-45(51)56)39-27-31-49-43(33-39)42-29-30-46-53(62-54(57-46)38-21-11-5-12-22-38)52(42)61(49)55-58-47(36-17-7-3-8-18-36)35-48(59-55)37-19-9-4-10-20-37/h3-35H,1-2H3. The van der Waals surface area contributed by atoms with Crippen LogP contribution in [-0.2, 0) is 5.41 Å². The van der Waals surface area contributed by atoms with Crippen LogP contribution in [0.3, 0.4) is 0 Å². The summed E-state index contributed by atoms with van der Waals surface area (Å²) in [7, 11) is 0. The average molecular weight is 798 g/mol. The second-order valence-electron chi connectivity index (χ2n) is 16.5. The van der Waals surface area contributed by atoms with E-state index in [0.29, 0.717) is 17.4 Å². The summed E-state index contributed by atoms with van der Waals surface area (Å²) in [6.07, 6.45) is 0. The maximum atomic E-state index is 6.77. The van der Waals surface area contributed by atoms with Crippen LogP contribution in [0.15, 0.2) is 205 Å². The van der Waals surface area contributed by atoms with Gasteiger partial charge in [0, 0.05) is 38.6 Å². The van der Waals surface area contributed by atoms with Crippen molar-refractivity contribution in [2.24, 2.45) is 0 Å². The zero-order chi connectivity index (χ0) is 41.4. The summed E-state index contributed by atoms with van der Waals surface area (Å²) < 4.78 is 8.94. The Balaban J connectivity index is 1.10. The first-order valence-electron chi connectivity index (χ1n) is 21.0. The zero-order valence-electron chi connectivity index (χ0n) is 34.2. The van der Waals surface area contributed by atoms with Gasteiger partial charge in [0.25, 0.3) is 0 Å². The van der Waals surface area contributed by atoms with Crippen molar-refractivity contribution >= 4 is 50.0 Å². The van der Waals surface area contributed by atoms with E-state index < -0.39 is 0 Å². The second kappa shape index (κ2) is 14.0. The summed E-state index contributed by atoms with van der Waals surface area (Å²) in [4.78, 5) is 18.1. The number of hydrogen-bond acceptors (Lipinski definition) is 5. The van der Waals surface area contributed by atoms with Crippen LogP contribution in [0.2, 0.25) is 0 Å². The highest BCUT2D eigenvalue weighted by atomic mass is 16.3. The molecule has 0 saturated carbocycles. The van der Waals surface area contributed by atoms with E-state index in [4.69, 9.17) is 19.4 Å². The number of aromatic nitrogens is 4. The molecule has 62 heavy (non-hydrogen) atoms. The first kappa shape index (κ1) is 35.8. The Morgan fingerprint density at radius 2 is 1.03 bits per heavy atom. The van der Waals surface area contributed by atoms with E-state index in [1.54, 1.807) is 0 Å². The Labute approximate surface area is 359 Å². The van der Waals surface area contributed by atoms with Gasteiger partial charge in [0.15, 0.2) is 5.58 Å². The lowest BCUT2D eigenvalue weighted by molar-refractivity contribution is 0.621. The number of para-hydroxylation sites is 2. The van der Waals surface area contributed by atoms with Gasteiger partial charge in [-0.3, -0.25) is 4.57 Å². The molecule has 1 aliphatic heterocycles. The summed E-state index contributed by atoms with van der Waals surface area (Å²) in [5, 5.41) is 2.10. The Morgan fingerprint density at radius 3 is 1.73 bits per heavy atom. The first-order chi connectivity index (χ1) is 30.5. The third-order valence-corrected chi connectivity index (χ3v) is 12.4. The Morgan fingerprint density at radius 1 is 0.452 bits per heavy atom. The Kier molecular flexibility index (Phi) is 8.09. The van der Waals surface area contributed by atoms with Gasteiger partial charge in [0.05, 0.1) is 28.3 Å². The lowest BCUT2D eigenvalue weighted by atomic mass is 9.73. The monoisotopic (exact) mass is 797 g/mol. The van der Waals surface area contributed by atoms with Crippen molar-refractivity contribution in [3.8, 4) is 51.0 Å². The van der Waals surface area contributed by atoms with E-state index in [9.17, 15) is 0 Å². The number of anilines is 3. The number of nitrogens with zero attached hydrogens (tertiary/aromatic N) is 5. The summed E-state index contributed by atoms with van der Waals surface area (Å²) >= 11 is 0. The highest BCUT2D eigenvalue weighted by Crippen LogP contribution is 2.52. The Hall–Kier alpha value is -8.09. The van der Waals surface area contributed by atoms with Crippen LogP contribution < -0.4 is 4.90 Å². The Bertz CT molecular complexity index is 3430. The molecule has 0 spiro atoms. The normalized spacial score (nSPS) is 13.1. The lowest BCUT2D eigenvalue weighted by Crippen LogP contribution is -2.30. The van der Waals surface area contributed by atoms with Crippen molar-refractivity contribution in [2.45, 2.75) is 19.3 Å². The van der Waals surface area contributed by atoms with E-state index in [2.05, 4.69) is 157 Å². The third kappa shape index (κ3) is 5.68. The smallest absolute Gasteiger partial charge is 0.235 e. The zero-order valence-corrected chi connectivity index (χ0v) is 34.2. The highest BCUT2D eigenvalue weighted by Gasteiger charge is 2.37. The van der Waals surface area contributed by atoms with Gasteiger partial charge in [-0.15, -0.1) is 0 Å². The lowest BCUT2D eigenvalue weighted by Gasteiger charge is -2.42. The summed E-state index contributed by atoms with van der Waals surface area (Å²) in [5.74, 6) is 1.12. The molecule has 0 saturated heterocycles. The average Bonchev–Trinajstić information content (AvgIpc) is 3.92. The second-order valence-corrected chi connectivity index (χ2v) is 16.5. The summed E-state index contributed by atoms with van der Waals surface area (Å²) in [6, 6.07) is 70.2. The topological polar surface area (TPSA) is 60.0 Å². The minimum atomic E-state index is -0.237. The fourth-order valence-electron chi connectivity index (χ4n) is 9.36. The molecule has 3 aromatic heterocycles. The van der Waals surface area contributed by atoms with Crippen molar-refractivity contribution in [3.63, 3.8) is 0 Å².